The Morgan fingerprint density at radius 3 is 2.33 bits per heavy atom. The summed E-state index contributed by atoms with van der Waals surface area (Å²) in [6.07, 6.45) is 0.671. The van der Waals surface area contributed by atoms with Gasteiger partial charge >= 0.3 is 0 Å². The van der Waals surface area contributed by atoms with E-state index < -0.39 is 10.0 Å². The van der Waals surface area contributed by atoms with Crippen LogP contribution in [0.5, 0.6) is 17.2 Å². The summed E-state index contributed by atoms with van der Waals surface area (Å²) in [6, 6.07) is 10.1. The van der Waals surface area contributed by atoms with Crippen molar-refractivity contribution in [3.8, 4) is 17.2 Å². The third-order valence-corrected chi connectivity index (χ3v) is 7.09. The molecule has 0 spiro atoms. The first-order valence-electron chi connectivity index (χ1n) is 10.7. The number of amides is 1. The number of benzene rings is 2. The molecule has 1 amide bonds. The maximum absolute atomic E-state index is 13.2. The monoisotopic (exact) mass is 478 g/mol. The molecule has 1 fully saturated rings. The minimum Gasteiger partial charge on any atom is -0.497 e. The molecule has 1 aliphatic heterocycles. The maximum Gasteiger partial charge on any atom is 0.246 e. The highest BCUT2D eigenvalue weighted by molar-refractivity contribution is 7.89. The minimum absolute atomic E-state index is 0.0292. The summed E-state index contributed by atoms with van der Waals surface area (Å²) in [5, 5.41) is 2.79. The lowest BCUT2D eigenvalue weighted by Crippen LogP contribution is -2.40. The van der Waals surface area contributed by atoms with Gasteiger partial charge in [0.05, 0.1) is 34.0 Å². The quantitative estimate of drug-likeness (QED) is 0.560. The zero-order chi connectivity index (χ0) is 23.8. The van der Waals surface area contributed by atoms with E-state index in [-0.39, 0.29) is 36.1 Å². The third kappa shape index (κ3) is 6.37. The van der Waals surface area contributed by atoms with Crippen LogP contribution in [0.25, 0.3) is 0 Å². The topological polar surface area (TPSA) is 103 Å². The van der Waals surface area contributed by atoms with Crippen molar-refractivity contribution in [3.63, 3.8) is 0 Å². The number of nitrogens with one attached hydrogen (secondary N) is 1. The third-order valence-electron chi connectivity index (χ3n) is 5.17. The van der Waals surface area contributed by atoms with E-state index >= 15 is 0 Å². The molecular weight excluding hydrogens is 448 g/mol. The summed E-state index contributed by atoms with van der Waals surface area (Å²) < 4.78 is 49.1. The number of morpholine rings is 1. The van der Waals surface area contributed by atoms with Crippen molar-refractivity contribution in [3.05, 3.63) is 42.0 Å². The van der Waals surface area contributed by atoms with Gasteiger partial charge in [-0.2, -0.15) is 4.31 Å². The number of carbonyl (C=O) groups excluding carboxylic acids is 1. The summed E-state index contributed by atoms with van der Waals surface area (Å²) in [7, 11) is -0.656. The van der Waals surface area contributed by atoms with Gasteiger partial charge < -0.3 is 24.3 Å². The number of hydrogen-bond acceptors (Lipinski definition) is 7. The summed E-state index contributed by atoms with van der Waals surface area (Å²) in [6.45, 7) is 3.34. The van der Waals surface area contributed by atoms with E-state index in [1.807, 2.05) is 12.1 Å². The van der Waals surface area contributed by atoms with Gasteiger partial charge in [0, 0.05) is 31.3 Å². The van der Waals surface area contributed by atoms with E-state index in [1.165, 1.54) is 10.4 Å². The van der Waals surface area contributed by atoms with Crippen LogP contribution in [-0.4, -0.2) is 65.8 Å². The molecule has 9 nitrogen and oxygen atoms in total. The van der Waals surface area contributed by atoms with Crippen molar-refractivity contribution in [1.29, 1.82) is 0 Å². The van der Waals surface area contributed by atoms with Crippen molar-refractivity contribution in [2.75, 3.05) is 52.4 Å². The lowest BCUT2D eigenvalue weighted by atomic mass is 10.1. The molecule has 0 aromatic heterocycles. The molecule has 1 N–H and O–H groups in total. The van der Waals surface area contributed by atoms with Crippen LogP contribution in [0.1, 0.15) is 18.9 Å². The lowest BCUT2D eigenvalue weighted by molar-refractivity contribution is -0.116. The minimum atomic E-state index is -3.79. The molecule has 3 rings (SSSR count). The van der Waals surface area contributed by atoms with Crippen LogP contribution in [0.15, 0.2) is 41.3 Å². The summed E-state index contributed by atoms with van der Waals surface area (Å²) in [4.78, 5) is 12.6. The van der Waals surface area contributed by atoms with Crippen molar-refractivity contribution in [1.82, 2.24) is 4.31 Å². The van der Waals surface area contributed by atoms with Crippen LogP contribution in [0.4, 0.5) is 5.69 Å². The highest BCUT2D eigenvalue weighted by Crippen LogP contribution is 2.31. The molecule has 180 valence electrons. The molecule has 0 bridgehead atoms. The largest absolute Gasteiger partial charge is 0.497 e. The Labute approximate surface area is 194 Å². The van der Waals surface area contributed by atoms with Gasteiger partial charge in [-0.25, -0.2) is 8.42 Å². The van der Waals surface area contributed by atoms with Gasteiger partial charge in [0.15, 0.2) is 0 Å². The van der Waals surface area contributed by atoms with E-state index in [4.69, 9.17) is 18.9 Å². The van der Waals surface area contributed by atoms with Crippen molar-refractivity contribution in [2.24, 2.45) is 0 Å². The van der Waals surface area contributed by atoms with E-state index in [0.29, 0.717) is 43.4 Å². The second-order valence-electron chi connectivity index (χ2n) is 7.38. The van der Waals surface area contributed by atoms with Gasteiger partial charge in [-0.15, -0.1) is 0 Å². The Hall–Kier alpha value is -2.82. The lowest BCUT2D eigenvalue weighted by Gasteiger charge is -2.27. The number of anilines is 1. The molecule has 0 aliphatic carbocycles. The van der Waals surface area contributed by atoms with Crippen LogP contribution in [0.2, 0.25) is 0 Å². The molecule has 0 radical (unpaired) electrons. The molecule has 1 saturated heterocycles. The molecule has 0 saturated carbocycles. The zero-order valence-corrected chi connectivity index (χ0v) is 19.9. The van der Waals surface area contributed by atoms with Crippen LogP contribution in [0, 0.1) is 0 Å². The first-order valence-corrected chi connectivity index (χ1v) is 12.2. The Balaban J connectivity index is 1.74. The predicted molar refractivity (Wildman–Crippen MR) is 124 cm³/mol. The second-order valence-corrected chi connectivity index (χ2v) is 9.29. The number of nitrogens with zero attached hydrogens (tertiary/aromatic N) is 1. The average molecular weight is 479 g/mol. The molecule has 0 unspecified atom stereocenters. The van der Waals surface area contributed by atoms with Gasteiger partial charge in [0.25, 0.3) is 0 Å². The molecule has 2 aromatic rings. The fraction of sp³-hybridized carbons (Fsp3) is 0.435. The van der Waals surface area contributed by atoms with Crippen LogP contribution in [0.3, 0.4) is 0 Å². The number of methoxy groups -OCH3 is 2. The highest BCUT2D eigenvalue weighted by atomic mass is 32.2. The molecule has 1 aliphatic rings. The summed E-state index contributed by atoms with van der Waals surface area (Å²) in [5.74, 6) is 1.31. The molecule has 2 aromatic carbocycles. The maximum atomic E-state index is 13.2. The first kappa shape index (κ1) is 24.8. The van der Waals surface area contributed by atoms with Crippen LogP contribution < -0.4 is 19.5 Å². The zero-order valence-electron chi connectivity index (χ0n) is 19.1. The predicted octanol–water partition coefficient (Wildman–Crippen LogP) is 2.69. The Bertz CT molecular complexity index is 1040. The first-order chi connectivity index (χ1) is 15.9. The standard InChI is InChI=1S/C23H30N2O7S/c1-4-32-21-7-6-18(15-22(21)33(27,28)25-9-11-31-12-10-25)24-23(26)8-5-17-13-19(29-2)16-20(14-17)30-3/h6-7,13-16H,4-5,8-12H2,1-3H3,(H,24,26). The Morgan fingerprint density at radius 1 is 1.06 bits per heavy atom. The number of hydrogen-bond donors (Lipinski definition) is 1. The molecule has 33 heavy (non-hydrogen) atoms. The molecule has 10 heteroatoms. The highest BCUT2D eigenvalue weighted by Gasteiger charge is 2.29. The Morgan fingerprint density at radius 2 is 1.73 bits per heavy atom. The van der Waals surface area contributed by atoms with Gasteiger partial charge in [0.2, 0.25) is 15.9 Å². The van der Waals surface area contributed by atoms with E-state index in [0.717, 1.165) is 5.56 Å². The van der Waals surface area contributed by atoms with Gasteiger partial charge in [0.1, 0.15) is 22.1 Å². The molecular formula is C23H30N2O7S. The van der Waals surface area contributed by atoms with E-state index in [1.54, 1.807) is 39.3 Å². The summed E-state index contributed by atoms with van der Waals surface area (Å²) >= 11 is 0. The number of carbonyl (C=O) groups is 1. The van der Waals surface area contributed by atoms with E-state index in [2.05, 4.69) is 5.32 Å². The average Bonchev–Trinajstić information content (AvgIpc) is 2.84. The van der Waals surface area contributed by atoms with Crippen molar-refractivity contribution >= 4 is 21.6 Å². The van der Waals surface area contributed by atoms with Crippen LogP contribution >= 0.6 is 0 Å². The number of aryl methyl sites for hydroxylation is 1. The van der Waals surface area contributed by atoms with Crippen molar-refractivity contribution in [2.45, 2.75) is 24.7 Å². The van der Waals surface area contributed by atoms with Crippen molar-refractivity contribution < 1.29 is 32.2 Å². The molecule has 0 atom stereocenters. The van der Waals surface area contributed by atoms with Gasteiger partial charge in [-0.05, 0) is 49.2 Å². The second kappa shape index (κ2) is 11.4. The van der Waals surface area contributed by atoms with Gasteiger partial charge in [-0.3, -0.25) is 4.79 Å². The SMILES string of the molecule is CCOc1ccc(NC(=O)CCc2cc(OC)cc(OC)c2)cc1S(=O)(=O)N1CCOCC1. The number of ether oxygens (including phenoxy) is 4. The van der Waals surface area contributed by atoms with Gasteiger partial charge in [-0.1, -0.05) is 0 Å². The summed E-state index contributed by atoms with van der Waals surface area (Å²) in [5.41, 5.74) is 1.28. The van der Waals surface area contributed by atoms with Crippen LogP contribution in [-0.2, 0) is 26.0 Å². The fourth-order valence-electron chi connectivity index (χ4n) is 3.48. The molecule has 1 heterocycles. The number of sulfonamides is 1. The smallest absolute Gasteiger partial charge is 0.246 e. The fourth-order valence-corrected chi connectivity index (χ4v) is 5.05. The Kier molecular flexibility index (Phi) is 8.54. The number of rotatable bonds is 10. The normalized spacial score (nSPS) is 14.5. The van der Waals surface area contributed by atoms with E-state index in [9.17, 15) is 13.2 Å².